The fourth-order valence-electron chi connectivity index (χ4n) is 1.89. The maximum atomic E-state index is 12.0. The average Bonchev–Trinajstić information content (AvgIpc) is 2.28. The molecule has 1 amide bonds. The number of carbonyl (C=O) groups is 1. The zero-order valence-electron chi connectivity index (χ0n) is 9.62. The Bertz CT molecular complexity index is 519. The van der Waals surface area contributed by atoms with Gasteiger partial charge in [-0.3, -0.25) is 9.69 Å². The first-order valence-corrected chi connectivity index (χ1v) is 6.03. The van der Waals surface area contributed by atoms with Crippen LogP contribution in [0.4, 0.5) is 11.4 Å². The van der Waals surface area contributed by atoms with Crippen LogP contribution in [0.2, 0.25) is 0 Å². The average molecular weight is 294 g/mol. The summed E-state index contributed by atoms with van der Waals surface area (Å²) in [5, 5.41) is 12.2. The molecule has 0 aromatic heterocycles. The van der Waals surface area contributed by atoms with Gasteiger partial charge in [0.15, 0.2) is 0 Å². The summed E-state index contributed by atoms with van der Waals surface area (Å²) in [5.41, 5.74) is 0.757. The third-order valence-electron chi connectivity index (χ3n) is 2.71. The molecule has 1 N–H and O–H groups in total. The molecule has 88 valence electrons. The topological polar surface area (TPSA) is 56.1 Å². The zero-order chi connectivity index (χ0) is 12.6. The Balaban J connectivity index is 2.58. The van der Waals surface area contributed by atoms with Crippen LogP contribution in [0.1, 0.15) is 13.8 Å². The van der Waals surface area contributed by atoms with E-state index in [-0.39, 0.29) is 12.5 Å². The maximum absolute atomic E-state index is 12.0. The van der Waals surface area contributed by atoms with Gasteiger partial charge in [0.2, 0.25) is 5.91 Å². The van der Waals surface area contributed by atoms with Gasteiger partial charge >= 0.3 is 0 Å². The Labute approximate surface area is 108 Å². The number of nitrogens with zero attached hydrogens (tertiary/aromatic N) is 2. The fraction of sp³-hybridized carbons (Fsp3) is 0.333. The third kappa shape index (κ3) is 2.01. The maximum Gasteiger partial charge on any atom is 0.247 e. The summed E-state index contributed by atoms with van der Waals surface area (Å²) in [4.78, 5) is 13.5. The first kappa shape index (κ1) is 11.9. The summed E-state index contributed by atoms with van der Waals surface area (Å²) < 4.78 is 0.881. The van der Waals surface area contributed by atoms with Gasteiger partial charge in [-0.05, 0) is 32.0 Å². The van der Waals surface area contributed by atoms with Crippen molar-refractivity contribution < 1.29 is 4.79 Å². The van der Waals surface area contributed by atoms with Crippen LogP contribution in [-0.4, -0.2) is 18.0 Å². The highest BCUT2D eigenvalue weighted by Crippen LogP contribution is 2.36. The largest absolute Gasteiger partial charge is 0.374 e. The predicted molar refractivity (Wildman–Crippen MR) is 69.8 cm³/mol. The predicted octanol–water partition coefficient (Wildman–Crippen LogP) is 2.51. The molecular weight excluding hydrogens is 282 g/mol. The lowest BCUT2D eigenvalue weighted by Crippen LogP contribution is -2.51. The van der Waals surface area contributed by atoms with Crippen molar-refractivity contribution in [2.75, 3.05) is 16.8 Å². The van der Waals surface area contributed by atoms with E-state index in [0.29, 0.717) is 0 Å². The lowest BCUT2D eigenvalue weighted by Gasteiger charge is -2.37. The monoisotopic (exact) mass is 293 g/mol. The van der Waals surface area contributed by atoms with Crippen molar-refractivity contribution in [3.63, 3.8) is 0 Å². The molecule has 0 atom stereocenters. The second-order valence-corrected chi connectivity index (χ2v) is 5.33. The number of fused-ring (bicyclic) bond motifs is 1. The number of rotatable bonds is 1. The number of nitrogens with one attached hydrogen (secondary N) is 1. The van der Waals surface area contributed by atoms with Crippen molar-refractivity contribution in [2.45, 2.75) is 19.4 Å². The molecule has 1 heterocycles. The second-order valence-electron chi connectivity index (χ2n) is 4.41. The summed E-state index contributed by atoms with van der Waals surface area (Å²) in [7, 11) is 0. The van der Waals surface area contributed by atoms with E-state index < -0.39 is 5.54 Å². The molecule has 5 heteroatoms. The Morgan fingerprint density at radius 2 is 2.24 bits per heavy atom. The molecule has 2 rings (SSSR count). The number of anilines is 2. The van der Waals surface area contributed by atoms with Gasteiger partial charge in [0.05, 0.1) is 24.0 Å². The van der Waals surface area contributed by atoms with Gasteiger partial charge in [0, 0.05) is 4.47 Å². The SMILES string of the molecule is CC(C)(C#N)N1C(=O)CNc2ccc(Br)cc21. The van der Waals surface area contributed by atoms with Crippen molar-refractivity contribution in [3.05, 3.63) is 22.7 Å². The number of hydrogen-bond donors (Lipinski definition) is 1. The Morgan fingerprint density at radius 1 is 1.53 bits per heavy atom. The van der Waals surface area contributed by atoms with Crippen LogP contribution in [0.15, 0.2) is 22.7 Å². The summed E-state index contributed by atoms with van der Waals surface area (Å²) in [6.45, 7) is 3.70. The van der Waals surface area contributed by atoms with Crippen LogP contribution < -0.4 is 10.2 Å². The van der Waals surface area contributed by atoms with E-state index in [9.17, 15) is 10.1 Å². The van der Waals surface area contributed by atoms with Crippen LogP contribution in [-0.2, 0) is 4.79 Å². The Morgan fingerprint density at radius 3 is 2.88 bits per heavy atom. The molecule has 1 aliphatic heterocycles. The normalized spacial score (nSPS) is 14.9. The van der Waals surface area contributed by atoms with Gasteiger partial charge in [-0.25, -0.2) is 0 Å². The van der Waals surface area contributed by atoms with E-state index in [0.717, 1.165) is 15.8 Å². The van der Waals surface area contributed by atoms with Crippen LogP contribution in [0.5, 0.6) is 0 Å². The van der Waals surface area contributed by atoms with Gasteiger partial charge in [-0.15, -0.1) is 0 Å². The smallest absolute Gasteiger partial charge is 0.247 e. The van der Waals surface area contributed by atoms with Crippen molar-refractivity contribution >= 4 is 33.2 Å². The summed E-state index contributed by atoms with van der Waals surface area (Å²) in [6, 6.07) is 7.81. The number of carbonyl (C=O) groups excluding carboxylic acids is 1. The zero-order valence-corrected chi connectivity index (χ0v) is 11.2. The quantitative estimate of drug-likeness (QED) is 0.866. The number of amides is 1. The van der Waals surface area contributed by atoms with Gasteiger partial charge < -0.3 is 5.32 Å². The minimum atomic E-state index is -0.852. The molecule has 0 spiro atoms. The summed E-state index contributed by atoms with van der Waals surface area (Å²) in [6.07, 6.45) is 0. The molecule has 0 bridgehead atoms. The molecule has 0 saturated carbocycles. The molecule has 0 radical (unpaired) electrons. The number of halogens is 1. The number of benzene rings is 1. The number of hydrogen-bond acceptors (Lipinski definition) is 3. The Kier molecular flexibility index (Phi) is 2.84. The summed E-state index contributed by atoms with van der Waals surface area (Å²) >= 11 is 3.38. The first-order valence-electron chi connectivity index (χ1n) is 5.23. The van der Waals surface area contributed by atoms with E-state index in [1.807, 2.05) is 18.2 Å². The van der Waals surface area contributed by atoms with Crippen molar-refractivity contribution in [2.24, 2.45) is 0 Å². The molecule has 0 aliphatic carbocycles. The lowest BCUT2D eigenvalue weighted by molar-refractivity contribution is -0.117. The van der Waals surface area contributed by atoms with Crippen LogP contribution in [0.25, 0.3) is 0 Å². The van der Waals surface area contributed by atoms with Gasteiger partial charge in [-0.1, -0.05) is 15.9 Å². The minimum Gasteiger partial charge on any atom is -0.374 e. The van der Waals surface area contributed by atoms with E-state index in [2.05, 4.69) is 27.3 Å². The highest BCUT2D eigenvalue weighted by atomic mass is 79.9. The van der Waals surface area contributed by atoms with E-state index in [1.54, 1.807) is 18.7 Å². The molecule has 1 aliphatic rings. The molecule has 4 nitrogen and oxygen atoms in total. The van der Waals surface area contributed by atoms with Crippen molar-refractivity contribution in [3.8, 4) is 6.07 Å². The highest BCUT2D eigenvalue weighted by molar-refractivity contribution is 9.10. The molecule has 0 saturated heterocycles. The van der Waals surface area contributed by atoms with Crippen LogP contribution >= 0.6 is 15.9 Å². The van der Waals surface area contributed by atoms with E-state index in [4.69, 9.17) is 0 Å². The van der Waals surface area contributed by atoms with E-state index in [1.165, 1.54) is 0 Å². The fourth-order valence-corrected chi connectivity index (χ4v) is 2.24. The van der Waals surface area contributed by atoms with Crippen molar-refractivity contribution in [1.29, 1.82) is 5.26 Å². The highest BCUT2D eigenvalue weighted by Gasteiger charge is 2.36. The molecule has 1 aromatic rings. The molecular formula is C12H12BrN3O. The first-order chi connectivity index (χ1) is 7.95. The van der Waals surface area contributed by atoms with Gasteiger partial charge in [0.25, 0.3) is 0 Å². The van der Waals surface area contributed by atoms with Crippen LogP contribution in [0, 0.1) is 11.3 Å². The molecule has 0 fully saturated rings. The minimum absolute atomic E-state index is 0.0952. The summed E-state index contributed by atoms with van der Waals surface area (Å²) in [5.74, 6) is -0.0952. The second kappa shape index (κ2) is 4.04. The van der Waals surface area contributed by atoms with E-state index >= 15 is 0 Å². The molecule has 1 aromatic carbocycles. The van der Waals surface area contributed by atoms with Crippen LogP contribution in [0.3, 0.4) is 0 Å². The van der Waals surface area contributed by atoms with Crippen molar-refractivity contribution in [1.82, 2.24) is 0 Å². The number of nitriles is 1. The molecule has 17 heavy (non-hydrogen) atoms. The molecule has 0 unspecified atom stereocenters. The third-order valence-corrected chi connectivity index (χ3v) is 3.21. The standard InChI is InChI=1S/C12H12BrN3O/c1-12(2,7-14)16-10-5-8(13)3-4-9(10)15-6-11(16)17/h3-5,15H,6H2,1-2H3. The lowest BCUT2D eigenvalue weighted by atomic mass is 10.0. The Hall–Kier alpha value is -1.54. The van der Waals surface area contributed by atoms with Gasteiger partial charge in [0.1, 0.15) is 5.54 Å². The van der Waals surface area contributed by atoms with Gasteiger partial charge in [-0.2, -0.15) is 5.26 Å².